The molecule has 0 N–H and O–H groups in total. The Kier molecular flexibility index (Phi) is 3.12. The van der Waals surface area contributed by atoms with Crippen LogP contribution in [0.1, 0.15) is 10.4 Å². The van der Waals surface area contributed by atoms with E-state index in [9.17, 15) is 4.79 Å². The van der Waals surface area contributed by atoms with Crippen LogP contribution in [0.2, 0.25) is 5.15 Å². The molecular weight excluding hydrogens is 278 g/mol. The standard InChI is InChI=1S/C14H10ClN3O2/c1-20-14(19)9-2-4-10(5-3-9)18-8-16-11-6-7-12(15)17-13(11)18/h2-8H,1H3. The third kappa shape index (κ3) is 2.12. The first-order chi connectivity index (χ1) is 9.69. The Labute approximate surface area is 119 Å². The number of carbonyl (C=O) groups excluding carboxylic acids is 1. The molecule has 0 aliphatic carbocycles. The molecule has 0 saturated carbocycles. The number of esters is 1. The highest BCUT2D eigenvalue weighted by Crippen LogP contribution is 2.19. The van der Waals surface area contributed by atoms with Crippen LogP contribution in [0.25, 0.3) is 16.9 Å². The molecule has 3 aromatic rings. The summed E-state index contributed by atoms with van der Waals surface area (Å²) in [6.45, 7) is 0. The molecular formula is C14H10ClN3O2. The van der Waals surface area contributed by atoms with Crippen molar-refractivity contribution >= 4 is 28.7 Å². The number of pyridine rings is 1. The van der Waals surface area contributed by atoms with Crippen molar-refractivity contribution < 1.29 is 9.53 Å². The molecule has 0 fully saturated rings. The van der Waals surface area contributed by atoms with E-state index >= 15 is 0 Å². The van der Waals surface area contributed by atoms with Gasteiger partial charge in [-0.2, -0.15) is 0 Å². The zero-order valence-corrected chi connectivity index (χ0v) is 11.3. The Bertz CT molecular complexity index is 781. The zero-order valence-electron chi connectivity index (χ0n) is 10.6. The lowest BCUT2D eigenvalue weighted by Crippen LogP contribution is -2.01. The van der Waals surface area contributed by atoms with Crippen LogP contribution in [0, 0.1) is 0 Å². The van der Waals surface area contributed by atoms with Crippen molar-refractivity contribution in [3.05, 3.63) is 53.4 Å². The van der Waals surface area contributed by atoms with Crippen LogP contribution in [-0.2, 0) is 4.74 Å². The lowest BCUT2D eigenvalue weighted by molar-refractivity contribution is 0.0601. The molecule has 0 aliphatic heterocycles. The minimum Gasteiger partial charge on any atom is -0.465 e. The molecule has 0 radical (unpaired) electrons. The van der Waals surface area contributed by atoms with Gasteiger partial charge in [0.05, 0.1) is 12.7 Å². The lowest BCUT2D eigenvalue weighted by atomic mass is 10.2. The maximum atomic E-state index is 11.4. The molecule has 0 bridgehead atoms. The van der Waals surface area contributed by atoms with Crippen molar-refractivity contribution in [2.24, 2.45) is 0 Å². The third-order valence-corrected chi connectivity index (χ3v) is 3.14. The number of nitrogens with zero attached hydrogens (tertiary/aromatic N) is 3. The average Bonchev–Trinajstić information content (AvgIpc) is 2.89. The van der Waals surface area contributed by atoms with Gasteiger partial charge in [-0.25, -0.2) is 14.8 Å². The molecule has 2 heterocycles. The summed E-state index contributed by atoms with van der Waals surface area (Å²) in [7, 11) is 1.35. The van der Waals surface area contributed by atoms with Crippen LogP contribution in [-0.4, -0.2) is 27.6 Å². The van der Waals surface area contributed by atoms with Gasteiger partial charge in [-0.1, -0.05) is 11.6 Å². The molecule has 0 spiro atoms. The fraction of sp³-hybridized carbons (Fsp3) is 0.0714. The quantitative estimate of drug-likeness (QED) is 0.537. The summed E-state index contributed by atoms with van der Waals surface area (Å²) in [5, 5.41) is 0.408. The van der Waals surface area contributed by atoms with Crippen LogP contribution >= 0.6 is 11.6 Å². The Balaban J connectivity index is 2.07. The highest BCUT2D eigenvalue weighted by Gasteiger charge is 2.09. The third-order valence-electron chi connectivity index (χ3n) is 2.93. The summed E-state index contributed by atoms with van der Waals surface area (Å²) in [6.07, 6.45) is 1.67. The monoisotopic (exact) mass is 287 g/mol. The maximum absolute atomic E-state index is 11.4. The van der Waals surface area contributed by atoms with Gasteiger partial charge in [0.15, 0.2) is 5.65 Å². The Morgan fingerprint density at radius 3 is 2.65 bits per heavy atom. The van der Waals surface area contributed by atoms with Crippen LogP contribution in [0.3, 0.4) is 0 Å². The van der Waals surface area contributed by atoms with Crippen LogP contribution in [0.5, 0.6) is 0 Å². The van der Waals surface area contributed by atoms with E-state index in [-0.39, 0.29) is 5.97 Å². The van der Waals surface area contributed by atoms with Crippen LogP contribution in [0.4, 0.5) is 0 Å². The van der Waals surface area contributed by atoms with Crippen molar-refractivity contribution in [1.82, 2.24) is 14.5 Å². The highest BCUT2D eigenvalue weighted by molar-refractivity contribution is 6.29. The second-order valence-electron chi connectivity index (χ2n) is 4.13. The number of imidazole rings is 1. The fourth-order valence-corrected chi connectivity index (χ4v) is 2.08. The van der Waals surface area contributed by atoms with Crippen LogP contribution < -0.4 is 0 Å². The second-order valence-corrected chi connectivity index (χ2v) is 4.52. The van der Waals surface area contributed by atoms with Gasteiger partial charge in [-0.15, -0.1) is 0 Å². The summed E-state index contributed by atoms with van der Waals surface area (Å²) in [5.41, 5.74) is 2.76. The number of fused-ring (bicyclic) bond motifs is 1. The van der Waals surface area contributed by atoms with Crippen molar-refractivity contribution in [3.8, 4) is 5.69 Å². The molecule has 0 amide bonds. The molecule has 2 aromatic heterocycles. The highest BCUT2D eigenvalue weighted by atomic mass is 35.5. The Morgan fingerprint density at radius 2 is 1.95 bits per heavy atom. The Hall–Kier alpha value is -2.40. The van der Waals surface area contributed by atoms with Gasteiger partial charge in [-0.3, -0.25) is 4.57 Å². The van der Waals surface area contributed by atoms with E-state index in [1.165, 1.54) is 7.11 Å². The lowest BCUT2D eigenvalue weighted by Gasteiger charge is -2.05. The van der Waals surface area contributed by atoms with Crippen molar-refractivity contribution in [2.75, 3.05) is 7.11 Å². The molecule has 20 heavy (non-hydrogen) atoms. The molecule has 3 rings (SSSR count). The first-order valence-corrected chi connectivity index (χ1v) is 6.25. The van der Waals surface area contributed by atoms with E-state index in [4.69, 9.17) is 11.6 Å². The summed E-state index contributed by atoms with van der Waals surface area (Å²) < 4.78 is 6.47. The van der Waals surface area contributed by atoms with Gasteiger partial charge < -0.3 is 4.74 Å². The topological polar surface area (TPSA) is 57.0 Å². The predicted octanol–water partition coefficient (Wildman–Crippen LogP) is 2.86. The van der Waals surface area contributed by atoms with E-state index in [0.29, 0.717) is 16.4 Å². The van der Waals surface area contributed by atoms with Crippen LogP contribution in [0.15, 0.2) is 42.7 Å². The number of benzene rings is 1. The molecule has 0 atom stereocenters. The van der Waals surface area contributed by atoms with Crippen molar-refractivity contribution in [3.63, 3.8) is 0 Å². The predicted molar refractivity (Wildman–Crippen MR) is 75.2 cm³/mol. The first-order valence-electron chi connectivity index (χ1n) is 5.87. The molecule has 0 aliphatic rings. The summed E-state index contributed by atoms with van der Waals surface area (Å²) >= 11 is 5.91. The zero-order chi connectivity index (χ0) is 14.1. The number of rotatable bonds is 2. The molecule has 0 saturated heterocycles. The summed E-state index contributed by atoms with van der Waals surface area (Å²) in [4.78, 5) is 19.9. The maximum Gasteiger partial charge on any atom is 0.337 e. The van der Waals surface area contributed by atoms with Gasteiger partial charge in [0, 0.05) is 5.69 Å². The minimum absolute atomic E-state index is 0.367. The van der Waals surface area contributed by atoms with E-state index in [2.05, 4.69) is 14.7 Å². The fourth-order valence-electron chi connectivity index (χ4n) is 1.94. The minimum atomic E-state index is -0.367. The van der Waals surface area contributed by atoms with E-state index < -0.39 is 0 Å². The number of aromatic nitrogens is 3. The second kappa shape index (κ2) is 4.94. The SMILES string of the molecule is COC(=O)c1ccc(-n2cnc3ccc(Cl)nc32)cc1. The van der Waals surface area contributed by atoms with Gasteiger partial charge in [0.2, 0.25) is 0 Å². The van der Waals surface area contributed by atoms with Gasteiger partial charge in [0.1, 0.15) is 17.0 Å². The number of ether oxygens (including phenoxy) is 1. The number of hydrogen-bond donors (Lipinski definition) is 0. The smallest absolute Gasteiger partial charge is 0.337 e. The van der Waals surface area contributed by atoms with Gasteiger partial charge in [-0.05, 0) is 36.4 Å². The van der Waals surface area contributed by atoms with Crippen molar-refractivity contribution in [2.45, 2.75) is 0 Å². The first kappa shape index (κ1) is 12.6. The van der Waals surface area contributed by atoms with Gasteiger partial charge >= 0.3 is 5.97 Å². The molecule has 100 valence electrons. The normalized spacial score (nSPS) is 10.7. The summed E-state index contributed by atoms with van der Waals surface area (Å²) in [5.74, 6) is -0.367. The van der Waals surface area contributed by atoms with E-state index in [1.54, 1.807) is 36.7 Å². The molecule has 6 heteroatoms. The number of methoxy groups -OCH3 is 1. The van der Waals surface area contributed by atoms with E-state index in [0.717, 1.165) is 11.2 Å². The Morgan fingerprint density at radius 1 is 1.20 bits per heavy atom. The molecule has 0 unspecified atom stereocenters. The van der Waals surface area contributed by atoms with Crippen molar-refractivity contribution in [1.29, 1.82) is 0 Å². The molecule has 1 aromatic carbocycles. The number of hydrogen-bond acceptors (Lipinski definition) is 4. The number of halogens is 1. The average molecular weight is 288 g/mol. The summed E-state index contributed by atoms with van der Waals surface area (Å²) in [6, 6.07) is 10.5. The van der Waals surface area contributed by atoms with E-state index in [1.807, 2.05) is 10.6 Å². The molecule has 5 nitrogen and oxygen atoms in total. The largest absolute Gasteiger partial charge is 0.465 e. The van der Waals surface area contributed by atoms with Gasteiger partial charge in [0.25, 0.3) is 0 Å². The number of carbonyl (C=O) groups is 1.